The van der Waals surface area contributed by atoms with E-state index in [1.807, 2.05) is 0 Å². The molecule has 26 heavy (non-hydrogen) atoms. The molecule has 0 heterocycles. The second-order valence-electron chi connectivity index (χ2n) is 5.20. The maximum atomic E-state index is 11.6. The lowest BCUT2D eigenvalue weighted by Gasteiger charge is -2.07. The Kier molecular flexibility index (Phi) is 7.41. The van der Waals surface area contributed by atoms with Gasteiger partial charge in [-0.05, 0) is 24.3 Å². The summed E-state index contributed by atoms with van der Waals surface area (Å²) >= 11 is 0. The fourth-order valence-electron chi connectivity index (χ4n) is 1.91. The summed E-state index contributed by atoms with van der Waals surface area (Å²) in [7, 11) is 0. The van der Waals surface area contributed by atoms with Crippen LogP contribution in [0.3, 0.4) is 0 Å². The van der Waals surface area contributed by atoms with E-state index in [4.69, 9.17) is 30.4 Å². The van der Waals surface area contributed by atoms with Crippen molar-refractivity contribution in [1.82, 2.24) is 0 Å². The summed E-state index contributed by atoms with van der Waals surface area (Å²) < 4.78 is 20.3. The SMILES string of the molecule is Nc1cccc(OC(=O)COCCOCC(=O)Oc2cccc(N)c2)c1. The molecule has 0 saturated heterocycles. The zero-order chi connectivity index (χ0) is 18.8. The first-order valence-electron chi connectivity index (χ1n) is 7.81. The van der Waals surface area contributed by atoms with E-state index in [2.05, 4.69) is 0 Å². The van der Waals surface area contributed by atoms with Crippen LogP contribution in [0.2, 0.25) is 0 Å². The number of esters is 2. The molecule has 0 bridgehead atoms. The van der Waals surface area contributed by atoms with Crippen molar-refractivity contribution in [1.29, 1.82) is 0 Å². The largest absolute Gasteiger partial charge is 0.425 e. The molecule has 0 radical (unpaired) electrons. The van der Waals surface area contributed by atoms with E-state index in [-0.39, 0.29) is 26.4 Å². The molecular weight excluding hydrogens is 340 g/mol. The standard InChI is InChI=1S/C18H20N2O6/c19-13-3-1-5-15(9-13)25-17(21)11-23-7-8-24-12-18(22)26-16-6-2-4-14(20)10-16/h1-6,9-10H,7-8,11-12,19-20H2. The van der Waals surface area contributed by atoms with Crippen LogP contribution < -0.4 is 20.9 Å². The van der Waals surface area contributed by atoms with Gasteiger partial charge in [-0.1, -0.05) is 12.1 Å². The predicted molar refractivity (Wildman–Crippen MR) is 94.6 cm³/mol. The summed E-state index contributed by atoms with van der Waals surface area (Å²) in [5.74, 6) is -0.424. The van der Waals surface area contributed by atoms with E-state index in [1.165, 1.54) is 12.1 Å². The fourth-order valence-corrected chi connectivity index (χ4v) is 1.91. The summed E-state index contributed by atoms with van der Waals surface area (Å²) in [4.78, 5) is 23.2. The molecule has 0 spiro atoms. The third-order valence-electron chi connectivity index (χ3n) is 2.99. The van der Waals surface area contributed by atoms with Crippen LogP contribution in [-0.2, 0) is 19.1 Å². The maximum absolute atomic E-state index is 11.6. The number of benzene rings is 2. The van der Waals surface area contributed by atoms with Gasteiger partial charge in [0.1, 0.15) is 24.7 Å². The van der Waals surface area contributed by atoms with E-state index in [0.717, 1.165) is 0 Å². The molecule has 0 aliphatic rings. The topological polar surface area (TPSA) is 123 Å². The Balaban J connectivity index is 1.55. The summed E-state index contributed by atoms with van der Waals surface area (Å²) in [6.45, 7) is -0.243. The van der Waals surface area contributed by atoms with Gasteiger partial charge in [-0.25, -0.2) is 9.59 Å². The summed E-state index contributed by atoms with van der Waals surface area (Å²) in [5, 5.41) is 0. The Morgan fingerprint density at radius 3 is 1.54 bits per heavy atom. The van der Waals surface area contributed by atoms with E-state index in [0.29, 0.717) is 22.9 Å². The number of ether oxygens (including phenoxy) is 4. The molecule has 138 valence electrons. The average Bonchev–Trinajstić information content (AvgIpc) is 2.58. The Labute approximate surface area is 150 Å². The number of rotatable bonds is 9. The second-order valence-corrected chi connectivity index (χ2v) is 5.20. The van der Waals surface area contributed by atoms with Gasteiger partial charge >= 0.3 is 11.9 Å². The molecule has 2 rings (SSSR count). The van der Waals surface area contributed by atoms with Crippen LogP contribution in [0, 0.1) is 0 Å². The highest BCUT2D eigenvalue weighted by atomic mass is 16.6. The summed E-state index contributed by atoms with van der Waals surface area (Å²) in [5.41, 5.74) is 12.2. The van der Waals surface area contributed by atoms with Crippen molar-refractivity contribution in [2.45, 2.75) is 0 Å². The lowest BCUT2D eigenvalue weighted by atomic mass is 10.3. The van der Waals surface area contributed by atoms with Gasteiger partial charge in [-0.15, -0.1) is 0 Å². The van der Waals surface area contributed by atoms with Gasteiger partial charge in [0.2, 0.25) is 0 Å². The van der Waals surface area contributed by atoms with Crippen molar-refractivity contribution >= 4 is 23.3 Å². The number of hydrogen-bond acceptors (Lipinski definition) is 8. The Hall–Kier alpha value is -3.10. The number of anilines is 2. The van der Waals surface area contributed by atoms with Gasteiger partial charge in [0, 0.05) is 23.5 Å². The molecule has 0 saturated carbocycles. The highest BCUT2D eigenvalue weighted by Gasteiger charge is 2.07. The quantitative estimate of drug-likeness (QED) is 0.298. The molecular formula is C18H20N2O6. The Morgan fingerprint density at radius 1 is 0.731 bits per heavy atom. The Morgan fingerprint density at radius 2 is 1.15 bits per heavy atom. The molecule has 0 atom stereocenters. The third-order valence-corrected chi connectivity index (χ3v) is 2.99. The monoisotopic (exact) mass is 360 g/mol. The van der Waals surface area contributed by atoms with Gasteiger partial charge in [0.15, 0.2) is 0 Å². The number of hydrogen-bond donors (Lipinski definition) is 2. The van der Waals surface area contributed by atoms with Crippen LogP contribution in [0.25, 0.3) is 0 Å². The molecule has 2 aromatic carbocycles. The molecule has 0 unspecified atom stereocenters. The smallest absolute Gasteiger partial charge is 0.337 e. The average molecular weight is 360 g/mol. The number of carbonyl (C=O) groups excluding carboxylic acids is 2. The van der Waals surface area contributed by atoms with Gasteiger partial charge in [-0.3, -0.25) is 0 Å². The first-order valence-corrected chi connectivity index (χ1v) is 7.81. The molecule has 8 nitrogen and oxygen atoms in total. The minimum atomic E-state index is -0.559. The van der Waals surface area contributed by atoms with Gasteiger partial charge in [0.05, 0.1) is 13.2 Å². The minimum absolute atomic E-state index is 0.123. The first kappa shape index (κ1) is 19.2. The summed E-state index contributed by atoms with van der Waals surface area (Å²) in [6, 6.07) is 13.0. The highest BCUT2D eigenvalue weighted by molar-refractivity contribution is 5.74. The van der Waals surface area contributed by atoms with Crippen molar-refractivity contribution in [3.63, 3.8) is 0 Å². The van der Waals surface area contributed by atoms with Crippen LogP contribution >= 0.6 is 0 Å². The van der Waals surface area contributed by atoms with Crippen molar-refractivity contribution in [2.75, 3.05) is 37.9 Å². The Bertz CT molecular complexity index is 686. The van der Waals surface area contributed by atoms with Gasteiger partial charge in [0.25, 0.3) is 0 Å². The van der Waals surface area contributed by atoms with Gasteiger partial charge in [-0.2, -0.15) is 0 Å². The number of nitrogen functional groups attached to an aromatic ring is 2. The normalized spacial score (nSPS) is 10.3. The lowest BCUT2D eigenvalue weighted by Crippen LogP contribution is -2.20. The van der Waals surface area contributed by atoms with Crippen molar-refractivity contribution in [3.05, 3.63) is 48.5 Å². The molecule has 4 N–H and O–H groups in total. The van der Waals surface area contributed by atoms with E-state index >= 15 is 0 Å². The zero-order valence-electron chi connectivity index (χ0n) is 14.1. The predicted octanol–water partition coefficient (Wildman–Crippen LogP) is 1.40. The molecule has 0 aliphatic heterocycles. The minimum Gasteiger partial charge on any atom is -0.425 e. The lowest BCUT2D eigenvalue weighted by molar-refractivity contribution is -0.143. The maximum Gasteiger partial charge on any atom is 0.337 e. The fraction of sp³-hybridized carbons (Fsp3) is 0.222. The zero-order valence-corrected chi connectivity index (χ0v) is 14.1. The summed E-state index contributed by atoms with van der Waals surface area (Å²) in [6.07, 6.45) is 0. The van der Waals surface area contributed by atoms with Gasteiger partial charge < -0.3 is 30.4 Å². The van der Waals surface area contributed by atoms with Crippen LogP contribution in [0.1, 0.15) is 0 Å². The van der Waals surface area contributed by atoms with Crippen LogP contribution in [0.15, 0.2) is 48.5 Å². The second kappa shape index (κ2) is 10.0. The van der Waals surface area contributed by atoms with Crippen LogP contribution in [-0.4, -0.2) is 38.4 Å². The third kappa shape index (κ3) is 7.20. The molecule has 2 aromatic rings. The highest BCUT2D eigenvalue weighted by Crippen LogP contribution is 2.15. The molecule has 0 aliphatic carbocycles. The van der Waals surface area contributed by atoms with Crippen molar-refractivity contribution < 1.29 is 28.5 Å². The molecule has 8 heteroatoms. The number of nitrogens with two attached hydrogens (primary N) is 2. The van der Waals surface area contributed by atoms with E-state index in [1.54, 1.807) is 36.4 Å². The molecule has 0 fully saturated rings. The van der Waals surface area contributed by atoms with Crippen LogP contribution in [0.5, 0.6) is 11.5 Å². The van der Waals surface area contributed by atoms with Crippen LogP contribution in [0.4, 0.5) is 11.4 Å². The van der Waals surface area contributed by atoms with Crippen molar-refractivity contribution in [2.24, 2.45) is 0 Å². The van der Waals surface area contributed by atoms with E-state index < -0.39 is 11.9 Å². The number of carbonyl (C=O) groups is 2. The first-order chi connectivity index (χ1) is 12.5. The van der Waals surface area contributed by atoms with Crippen molar-refractivity contribution in [3.8, 4) is 11.5 Å². The molecule has 0 aromatic heterocycles. The molecule has 0 amide bonds. The van der Waals surface area contributed by atoms with E-state index in [9.17, 15) is 9.59 Å².